The molecule has 1 aromatic heterocycles. The van der Waals surface area contributed by atoms with Crippen LogP contribution in [0.25, 0.3) is 11.8 Å². The monoisotopic (exact) mass is 435 g/mol. The van der Waals surface area contributed by atoms with E-state index in [1.165, 1.54) is 18.2 Å². The van der Waals surface area contributed by atoms with Gasteiger partial charge in [0.1, 0.15) is 17.2 Å². The number of β-amino-alcohol motifs (C(OH)–C–C–N with tert-alkyl or cyclic N) is 1. The number of aliphatic hydroxyl groups is 1. The molecule has 1 saturated heterocycles. The van der Waals surface area contributed by atoms with Crippen molar-refractivity contribution in [3.8, 4) is 11.4 Å². The topological polar surface area (TPSA) is 67.6 Å². The summed E-state index contributed by atoms with van der Waals surface area (Å²) in [6.07, 6.45) is 8.07. The Kier molecular flexibility index (Phi) is 6.10. The van der Waals surface area contributed by atoms with Crippen LogP contribution in [0.2, 0.25) is 0 Å². The van der Waals surface area contributed by atoms with Crippen molar-refractivity contribution in [2.45, 2.75) is 25.4 Å². The van der Waals surface area contributed by atoms with Gasteiger partial charge in [0.05, 0.1) is 31.4 Å². The highest BCUT2D eigenvalue weighted by Gasteiger charge is 2.36. The molecule has 1 N–H and O–H groups in total. The molecule has 3 aromatic rings. The summed E-state index contributed by atoms with van der Waals surface area (Å²) in [4.78, 5) is 18.7. The number of hydrogen-bond acceptors (Lipinski definition) is 4. The molecule has 166 valence electrons. The largest absolute Gasteiger partial charge is 0.495 e. The third-order valence-corrected chi connectivity index (χ3v) is 5.78. The van der Waals surface area contributed by atoms with Crippen molar-refractivity contribution >= 4 is 12.0 Å². The van der Waals surface area contributed by atoms with E-state index in [9.17, 15) is 14.3 Å². The molecule has 32 heavy (non-hydrogen) atoms. The first-order chi connectivity index (χ1) is 15.4. The number of imidazole rings is 1. The van der Waals surface area contributed by atoms with Gasteiger partial charge in [0.25, 0.3) is 0 Å². The second-order valence-corrected chi connectivity index (χ2v) is 8.09. The fraction of sp³-hybridized carbons (Fsp3) is 0.280. The molecule has 2 heterocycles. The summed E-state index contributed by atoms with van der Waals surface area (Å²) in [5.74, 6) is 0.132. The summed E-state index contributed by atoms with van der Waals surface area (Å²) in [6.45, 7) is 2.66. The Hall–Kier alpha value is -3.45. The molecule has 1 aliphatic heterocycles. The van der Waals surface area contributed by atoms with E-state index in [2.05, 4.69) is 4.98 Å². The lowest BCUT2D eigenvalue weighted by atomic mass is 9.85. The molecule has 0 spiro atoms. The molecule has 0 aliphatic carbocycles. The Balaban J connectivity index is 1.48. The van der Waals surface area contributed by atoms with Crippen LogP contribution in [0.3, 0.4) is 0 Å². The lowest BCUT2D eigenvalue weighted by molar-refractivity contribution is -0.133. The second kappa shape index (κ2) is 8.96. The number of amides is 1. The van der Waals surface area contributed by atoms with Crippen molar-refractivity contribution in [3.63, 3.8) is 0 Å². The Morgan fingerprint density at radius 2 is 2.03 bits per heavy atom. The highest BCUT2D eigenvalue weighted by Crippen LogP contribution is 2.32. The van der Waals surface area contributed by atoms with Gasteiger partial charge in [0.15, 0.2) is 0 Å². The molecule has 4 rings (SSSR count). The maximum Gasteiger partial charge on any atom is 0.246 e. The average molecular weight is 435 g/mol. The van der Waals surface area contributed by atoms with Gasteiger partial charge < -0.3 is 19.3 Å². The first-order valence-electron chi connectivity index (χ1n) is 10.5. The molecular weight excluding hydrogens is 409 g/mol. The van der Waals surface area contributed by atoms with E-state index in [4.69, 9.17) is 4.74 Å². The van der Waals surface area contributed by atoms with Crippen molar-refractivity contribution in [3.05, 3.63) is 83.7 Å². The highest BCUT2D eigenvalue weighted by molar-refractivity contribution is 5.92. The van der Waals surface area contributed by atoms with Gasteiger partial charge in [-0.25, -0.2) is 9.37 Å². The maximum atomic E-state index is 13.3. The number of carbonyl (C=O) groups excluding carboxylic acids is 1. The van der Waals surface area contributed by atoms with E-state index < -0.39 is 5.60 Å². The fourth-order valence-electron chi connectivity index (χ4n) is 4.06. The van der Waals surface area contributed by atoms with Gasteiger partial charge >= 0.3 is 0 Å². The molecule has 0 radical (unpaired) electrons. The van der Waals surface area contributed by atoms with Crippen molar-refractivity contribution in [1.82, 2.24) is 14.5 Å². The average Bonchev–Trinajstić information content (AvgIpc) is 3.23. The molecule has 1 amide bonds. The van der Waals surface area contributed by atoms with Crippen molar-refractivity contribution < 1.29 is 19.0 Å². The summed E-state index contributed by atoms with van der Waals surface area (Å²) in [6, 6.07) is 11.5. The third kappa shape index (κ3) is 4.57. The van der Waals surface area contributed by atoms with Crippen molar-refractivity contribution in [2.75, 3.05) is 20.2 Å². The summed E-state index contributed by atoms with van der Waals surface area (Å²) in [5, 5.41) is 11.1. The minimum atomic E-state index is -1.18. The summed E-state index contributed by atoms with van der Waals surface area (Å²) in [7, 11) is 1.60. The van der Waals surface area contributed by atoms with E-state index in [1.807, 2.05) is 35.9 Å². The second-order valence-electron chi connectivity index (χ2n) is 8.09. The number of piperidine rings is 1. The maximum absolute atomic E-state index is 13.3. The quantitative estimate of drug-likeness (QED) is 0.618. The lowest BCUT2D eigenvalue weighted by Gasteiger charge is -2.39. The molecule has 1 aliphatic rings. The molecule has 1 atom stereocenters. The number of halogens is 1. The first kappa shape index (κ1) is 21.8. The van der Waals surface area contributed by atoms with Crippen LogP contribution in [0.4, 0.5) is 4.39 Å². The van der Waals surface area contributed by atoms with Crippen molar-refractivity contribution in [2.24, 2.45) is 0 Å². The normalized spacial score (nSPS) is 18.8. The minimum absolute atomic E-state index is 0.171. The van der Waals surface area contributed by atoms with Crippen LogP contribution in [-0.4, -0.2) is 45.7 Å². The number of hydrogen-bond donors (Lipinski definition) is 1. The zero-order chi connectivity index (χ0) is 22.7. The van der Waals surface area contributed by atoms with Crippen LogP contribution in [0.1, 0.15) is 29.7 Å². The van der Waals surface area contributed by atoms with Gasteiger partial charge in [-0.3, -0.25) is 4.79 Å². The number of ether oxygens (including phenoxy) is 1. The molecular formula is C25H26FN3O3. The highest BCUT2D eigenvalue weighted by atomic mass is 19.1. The van der Waals surface area contributed by atoms with Crippen LogP contribution in [0.15, 0.2) is 61.1 Å². The third-order valence-electron chi connectivity index (χ3n) is 5.78. The summed E-state index contributed by atoms with van der Waals surface area (Å²) in [5.41, 5.74) is 2.03. The van der Waals surface area contributed by atoms with E-state index in [-0.39, 0.29) is 18.3 Å². The van der Waals surface area contributed by atoms with E-state index in [0.29, 0.717) is 30.7 Å². The predicted molar refractivity (Wildman–Crippen MR) is 120 cm³/mol. The zero-order valence-electron chi connectivity index (χ0n) is 18.2. The van der Waals surface area contributed by atoms with Crippen molar-refractivity contribution in [1.29, 1.82) is 0 Å². The number of likely N-dealkylation sites (tertiary alicyclic amines) is 1. The Morgan fingerprint density at radius 1 is 1.25 bits per heavy atom. The van der Waals surface area contributed by atoms with E-state index in [1.54, 1.807) is 36.5 Å². The molecule has 0 saturated carbocycles. The molecule has 7 heteroatoms. The number of rotatable bonds is 5. The van der Waals surface area contributed by atoms with Crippen LogP contribution < -0.4 is 4.74 Å². The van der Waals surface area contributed by atoms with E-state index >= 15 is 0 Å². The number of methoxy groups -OCH3 is 1. The van der Waals surface area contributed by atoms with Gasteiger partial charge in [0, 0.05) is 18.8 Å². The zero-order valence-corrected chi connectivity index (χ0v) is 18.2. The van der Waals surface area contributed by atoms with Gasteiger partial charge in [-0.05, 0) is 61.2 Å². The molecule has 1 fully saturated rings. The van der Waals surface area contributed by atoms with Crippen LogP contribution >= 0.6 is 0 Å². The smallest absolute Gasteiger partial charge is 0.246 e. The standard InChI is InChI=1S/C25H26FN3O3/c1-18-15-29(17-27-18)22-10-4-19(14-23(22)32-2)5-11-24(30)28-13-3-12-25(31,16-28)20-6-8-21(26)9-7-20/h4-11,14-15,17,31H,3,12-13,16H2,1-2H3. The summed E-state index contributed by atoms with van der Waals surface area (Å²) >= 11 is 0. The number of carbonyl (C=O) groups is 1. The van der Waals surface area contributed by atoms with Gasteiger partial charge in [0.2, 0.25) is 5.91 Å². The minimum Gasteiger partial charge on any atom is -0.495 e. The first-order valence-corrected chi connectivity index (χ1v) is 10.5. The van der Waals surface area contributed by atoms with E-state index in [0.717, 1.165) is 16.9 Å². The van der Waals surface area contributed by atoms with Gasteiger partial charge in [-0.1, -0.05) is 18.2 Å². The number of aromatic nitrogens is 2. The lowest BCUT2D eigenvalue weighted by Crippen LogP contribution is -2.48. The Morgan fingerprint density at radius 3 is 2.72 bits per heavy atom. The Bertz CT molecular complexity index is 1140. The van der Waals surface area contributed by atoms with Gasteiger partial charge in [-0.2, -0.15) is 0 Å². The fourth-order valence-corrected chi connectivity index (χ4v) is 4.06. The molecule has 6 nitrogen and oxygen atoms in total. The van der Waals surface area contributed by atoms with Gasteiger partial charge in [-0.15, -0.1) is 0 Å². The molecule has 2 aromatic carbocycles. The molecule has 0 bridgehead atoms. The Labute approximate surface area is 186 Å². The van der Waals surface area contributed by atoms with Crippen LogP contribution in [0, 0.1) is 12.7 Å². The number of benzene rings is 2. The predicted octanol–water partition coefficient (Wildman–Crippen LogP) is 3.85. The summed E-state index contributed by atoms with van der Waals surface area (Å²) < 4.78 is 20.7. The number of nitrogens with zero attached hydrogens (tertiary/aromatic N) is 3. The number of aryl methyl sites for hydroxylation is 1. The molecule has 1 unspecified atom stereocenters. The SMILES string of the molecule is COc1cc(C=CC(=O)N2CCCC(O)(c3ccc(F)cc3)C2)ccc1-n1cnc(C)c1. The van der Waals surface area contributed by atoms with Crippen LogP contribution in [0.5, 0.6) is 5.75 Å². The van der Waals surface area contributed by atoms with Crippen LogP contribution in [-0.2, 0) is 10.4 Å².